The number of benzene rings is 1. The minimum absolute atomic E-state index is 0.142. The molecule has 2 N–H and O–H groups in total. The lowest BCUT2D eigenvalue weighted by molar-refractivity contribution is 0.0691. The van der Waals surface area contributed by atoms with Crippen molar-refractivity contribution in [3.05, 3.63) is 29.8 Å². The van der Waals surface area contributed by atoms with Crippen LogP contribution in [0.4, 0.5) is 0 Å². The second-order valence-electron chi connectivity index (χ2n) is 3.29. The van der Waals surface area contributed by atoms with Gasteiger partial charge in [0.1, 0.15) is 11.3 Å². The van der Waals surface area contributed by atoms with Crippen molar-refractivity contribution >= 4 is 5.97 Å². The van der Waals surface area contributed by atoms with Gasteiger partial charge < -0.3 is 14.9 Å². The van der Waals surface area contributed by atoms with E-state index in [0.29, 0.717) is 18.8 Å². The Hall–Kier alpha value is -1.55. The lowest BCUT2D eigenvalue weighted by atomic mass is 10.2. The van der Waals surface area contributed by atoms with E-state index in [-0.39, 0.29) is 5.56 Å². The molecule has 0 aliphatic rings. The molecule has 1 aromatic carbocycles. The summed E-state index contributed by atoms with van der Waals surface area (Å²) >= 11 is 0. The van der Waals surface area contributed by atoms with Gasteiger partial charge in [-0.25, -0.2) is 4.79 Å². The number of carbonyl (C=O) groups is 1. The molecule has 1 aromatic rings. The highest BCUT2D eigenvalue weighted by Crippen LogP contribution is 2.17. The highest BCUT2D eigenvalue weighted by molar-refractivity contribution is 5.90. The molecule has 1 unspecified atom stereocenters. The molecule has 0 aromatic heterocycles. The Balaban J connectivity index is 2.63. The van der Waals surface area contributed by atoms with Crippen molar-refractivity contribution in [3.63, 3.8) is 0 Å². The number of hydrogen-bond donors (Lipinski definition) is 2. The van der Waals surface area contributed by atoms with Crippen LogP contribution in [0.5, 0.6) is 5.75 Å². The first-order valence-electron chi connectivity index (χ1n) is 4.74. The third-order valence-electron chi connectivity index (χ3n) is 1.91. The van der Waals surface area contributed by atoms with Crippen molar-refractivity contribution in [1.82, 2.24) is 0 Å². The number of aromatic carboxylic acids is 1. The molecule has 0 aliphatic heterocycles. The van der Waals surface area contributed by atoms with E-state index in [2.05, 4.69) is 0 Å². The monoisotopic (exact) mass is 210 g/mol. The third-order valence-corrected chi connectivity index (χ3v) is 1.91. The summed E-state index contributed by atoms with van der Waals surface area (Å²) in [5, 5.41) is 17.9. The van der Waals surface area contributed by atoms with Crippen LogP contribution in [0.15, 0.2) is 24.3 Å². The maximum Gasteiger partial charge on any atom is 0.339 e. The first-order valence-corrected chi connectivity index (χ1v) is 4.74. The Labute approximate surface area is 88.1 Å². The van der Waals surface area contributed by atoms with Gasteiger partial charge in [-0.1, -0.05) is 12.1 Å². The summed E-state index contributed by atoms with van der Waals surface area (Å²) in [7, 11) is 0. The lowest BCUT2D eigenvalue weighted by Gasteiger charge is -2.09. The molecule has 82 valence electrons. The van der Waals surface area contributed by atoms with Gasteiger partial charge in [0, 0.05) is 6.42 Å². The normalized spacial score (nSPS) is 12.1. The van der Waals surface area contributed by atoms with Crippen molar-refractivity contribution in [1.29, 1.82) is 0 Å². The van der Waals surface area contributed by atoms with E-state index >= 15 is 0 Å². The number of hydrogen-bond acceptors (Lipinski definition) is 3. The summed E-state index contributed by atoms with van der Waals surface area (Å²) in [6.07, 6.45) is 0.0375. The molecule has 0 fully saturated rings. The van der Waals surface area contributed by atoms with Gasteiger partial charge >= 0.3 is 5.97 Å². The van der Waals surface area contributed by atoms with Crippen LogP contribution in [0.2, 0.25) is 0 Å². The van der Waals surface area contributed by atoms with Gasteiger partial charge in [-0.2, -0.15) is 0 Å². The average Bonchev–Trinajstić information content (AvgIpc) is 2.17. The predicted octanol–water partition coefficient (Wildman–Crippen LogP) is 1.53. The molecule has 4 heteroatoms. The lowest BCUT2D eigenvalue weighted by Crippen LogP contribution is -2.09. The molecule has 0 saturated heterocycles. The Morgan fingerprint density at radius 2 is 2.13 bits per heavy atom. The number of rotatable bonds is 5. The highest BCUT2D eigenvalue weighted by Gasteiger charge is 2.09. The molecule has 0 spiro atoms. The maximum atomic E-state index is 10.8. The fourth-order valence-electron chi connectivity index (χ4n) is 1.11. The number of aliphatic hydroxyl groups is 1. The second-order valence-corrected chi connectivity index (χ2v) is 3.29. The molecule has 1 rings (SSSR count). The minimum Gasteiger partial charge on any atom is -0.493 e. The topological polar surface area (TPSA) is 66.8 Å². The largest absolute Gasteiger partial charge is 0.493 e. The van der Waals surface area contributed by atoms with E-state index in [1.165, 1.54) is 6.07 Å². The van der Waals surface area contributed by atoms with E-state index in [1.807, 2.05) is 0 Å². The van der Waals surface area contributed by atoms with Crippen LogP contribution in [0, 0.1) is 0 Å². The Morgan fingerprint density at radius 3 is 2.73 bits per heavy atom. The van der Waals surface area contributed by atoms with E-state index in [0.717, 1.165) is 0 Å². The summed E-state index contributed by atoms with van der Waals surface area (Å²) in [6.45, 7) is 1.97. The van der Waals surface area contributed by atoms with Crippen LogP contribution in [0.1, 0.15) is 23.7 Å². The fraction of sp³-hybridized carbons (Fsp3) is 0.364. The predicted molar refractivity (Wildman–Crippen MR) is 55.2 cm³/mol. The number of para-hydroxylation sites is 1. The molecule has 0 aliphatic carbocycles. The zero-order chi connectivity index (χ0) is 11.3. The number of carboxylic acids is 1. The van der Waals surface area contributed by atoms with Gasteiger partial charge in [0.15, 0.2) is 0 Å². The third kappa shape index (κ3) is 3.59. The van der Waals surface area contributed by atoms with Crippen LogP contribution in [-0.2, 0) is 0 Å². The SMILES string of the molecule is CC(O)CCOc1ccccc1C(=O)O. The van der Waals surface area contributed by atoms with Crippen molar-refractivity contribution < 1.29 is 19.7 Å². The second kappa shape index (κ2) is 5.36. The maximum absolute atomic E-state index is 10.8. The number of aliphatic hydroxyl groups excluding tert-OH is 1. The molecule has 0 amide bonds. The van der Waals surface area contributed by atoms with E-state index in [1.54, 1.807) is 25.1 Å². The van der Waals surface area contributed by atoms with Crippen LogP contribution in [0.25, 0.3) is 0 Å². The summed E-state index contributed by atoms with van der Waals surface area (Å²) in [5.41, 5.74) is 0.142. The summed E-state index contributed by atoms with van der Waals surface area (Å²) < 4.78 is 5.27. The van der Waals surface area contributed by atoms with Gasteiger partial charge in [0.2, 0.25) is 0 Å². The highest BCUT2D eigenvalue weighted by atomic mass is 16.5. The minimum atomic E-state index is -1.01. The average molecular weight is 210 g/mol. The van der Waals surface area contributed by atoms with Gasteiger partial charge in [-0.3, -0.25) is 0 Å². The molecular weight excluding hydrogens is 196 g/mol. The molecular formula is C11H14O4. The van der Waals surface area contributed by atoms with Crippen molar-refractivity contribution in [2.75, 3.05) is 6.61 Å². The molecule has 0 heterocycles. The van der Waals surface area contributed by atoms with Crippen LogP contribution < -0.4 is 4.74 Å². The van der Waals surface area contributed by atoms with E-state index in [9.17, 15) is 4.79 Å². The standard InChI is InChI=1S/C11H14O4/c1-8(12)6-7-15-10-5-3-2-4-9(10)11(13)14/h2-5,8,12H,6-7H2,1H3,(H,13,14). The number of carboxylic acid groups (broad SMARTS) is 1. The van der Waals surface area contributed by atoms with E-state index < -0.39 is 12.1 Å². The van der Waals surface area contributed by atoms with Crippen molar-refractivity contribution in [3.8, 4) is 5.75 Å². The fourth-order valence-corrected chi connectivity index (χ4v) is 1.11. The van der Waals surface area contributed by atoms with Crippen molar-refractivity contribution in [2.45, 2.75) is 19.4 Å². The summed E-state index contributed by atoms with van der Waals surface area (Å²) in [4.78, 5) is 10.8. The first kappa shape index (κ1) is 11.5. The molecule has 4 nitrogen and oxygen atoms in total. The van der Waals surface area contributed by atoms with Gasteiger partial charge in [-0.05, 0) is 19.1 Å². The first-order chi connectivity index (χ1) is 7.11. The Kier molecular flexibility index (Phi) is 4.12. The zero-order valence-electron chi connectivity index (χ0n) is 8.51. The van der Waals surface area contributed by atoms with Crippen LogP contribution >= 0.6 is 0 Å². The van der Waals surface area contributed by atoms with Crippen LogP contribution in [0.3, 0.4) is 0 Å². The van der Waals surface area contributed by atoms with E-state index in [4.69, 9.17) is 14.9 Å². The van der Waals surface area contributed by atoms with Crippen molar-refractivity contribution in [2.24, 2.45) is 0 Å². The number of ether oxygens (including phenoxy) is 1. The van der Waals surface area contributed by atoms with Gasteiger partial charge in [0.05, 0.1) is 12.7 Å². The summed E-state index contributed by atoms with van der Waals surface area (Å²) in [5.74, 6) is -0.673. The Morgan fingerprint density at radius 1 is 1.47 bits per heavy atom. The van der Waals surface area contributed by atoms with Crippen LogP contribution in [-0.4, -0.2) is 28.9 Å². The molecule has 0 radical (unpaired) electrons. The zero-order valence-corrected chi connectivity index (χ0v) is 8.51. The Bertz CT molecular complexity index is 333. The molecule has 0 saturated carbocycles. The smallest absolute Gasteiger partial charge is 0.339 e. The quantitative estimate of drug-likeness (QED) is 0.773. The van der Waals surface area contributed by atoms with Gasteiger partial charge in [-0.15, -0.1) is 0 Å². The molecule has 1 atom stereocenters. The molecule has 15 heavy (non-hydrogen) atoms. The van der Waals surface area contributed by atoms with Gasteiger partial charge in [0.25, 0.3) is 0 Å². The summed E-state index contributed by atoms with van der Waals surface area (Å²) in [6, 6.07) is 6.45. The molecule has 0 bridgehead atoms.